The number of aliphatic hydroxyl groups excluding tert-OH is 1. The van der Waals surface area contributed by atoms with Crippen molar-refractivity contribution in [3.05, 3.63) is 27.7 Å². The molecule has 0 amide bonds. The molecule has 84 valence electrons. The minimum Gasteiger partial charge on any atom is -0.495 e. The summed E-state index contributed by atoms with van der Waals surface area (Å²) in [6.07, 6.45) is -0.701. The van der Waals surface area contributed by atoms with Crippen LogP contribution in [0.15, 0.2) is 12.1 Å². The van der Waals surface area contributed by atoms with Crippen molar-refractivity contribution in [2.24, 2.45) is 5.73 Å². The molecule has 0 aliphatic heterocycles. The van der Waals surface area contributed by atoms with Gasteiger partial charge in [-0.2, -0.15) is 0 Å². The van der Waals surface area contributed by atoms with Crippen LogP contribution in [0.25, 0.3) is 0 Å². The van der Waals surface area contributed by atoms with E-state index in [2.05, 4.69) is 0 Å². The van der Waals surface area contributed by atoms with Gasteiger partial charge in [0.25, 0.3) is 0 Å². The highest BCUT2D eigenvalue weighted by atomic mass is 35.5. The van der Waals surface area contributed by atoms with Gasteiger partial charge in [0.15, 0.2) is 0 Å². The number of rotatable bonds is 3. The standard InChI is InChI=1S/C10H13Cl2NO2/c1-5(14)9(13)7-3-6(11)4-8(12)10(7)15-2/h3-5,9,14H,13H2,1-2H3. The van der Waals surface area contributed by atoms with Crippen molar-refractivity contribution in [2.45, 2.75) is 19.1 Å². The predicted octanol–water partition coefficient (Wildman–Crippen LogP) is 2.38. The third-order valence-electron chi connectivity index (χ3n) is 2.12. The van der Waals surface area contributed by atoms with Crippen LogP contribution in [-0.4, -0.2) is 18.3 Å². The van der Waals surface area contributed by atoms with Gasteiger partial charge in [-0.3, -0.25) is 0 Å². The van der Waals surface area contributed by atoms with Gasteiger partial charge < -0.3 is 15.6 Å². The van der Waals surface area contributed by atoms with Crippen LogP contribution < -0.4 is 10.5 Å². The highest BCUT2D eigenvalue weighted by Crippen LogP contribution is 2.35. The van der Waals surface area contributed by atoms with Crippen molar-refractivity contribution in [3.8, 4) is 5.75 Å². The van der Waals surface area contributed by atoms with Crippen LogP contribution in [0.3, 0.4) is 0 Å². The summed E-state index contributed by atoms with van der Waals surface area (Å²) in [5, 5.41) is 10.3. The van der Waals surface area contributed by atoms with E-state index in [0.717, 1.165) is 0 Å². The monoisotopic (exact) mass is 249 g/mol. The predicted molar refractivity (Wildman–Crippen MR) is 61.6 cm³/mol. The second-order valence-corrected chi connectivity index (χ2v) is 4.12. The highest BCUT2D eigenvalue weighted by molar-refractivity contribution is 6.35. The molecule has 0 saturated carbocycles. The van der Waals surface area contributed by atoms with Crippen LogP contribution >= 0.6 is 23.2 Å². The lowest BCUT2D eigenvalue weighted by Crippen LogP contribution is -2.23. The van der Waals surface area contributed by atoms with E-state index in [4.69, 9.17) is 33.7 Å². The molecule has 0 aliphatic carbocycles. The Morgan fingerprint density at radius 3 is 2.47 bits per heavy atom. The molecule has 0 fully saturated rings. The Kier molecular flexibility index (Phi) is 4.22. The summed E-state index contributed by atoms with van der Waals surface area (Å²) in [7, 11) is 1.49. The summed E-state index contributed by atoms with van der Waals surface area (Å²) in [4.78, 5) is 0. The van der Waals surface area contributed by atoms with Crippen molar-refractivity contribution in [1.82, 2.24) is 0 Å². The number of aliphatic hydroxyl groups is 1. The van der Waals surface area contributed by atoms with Gasteiger partial charge in [0.2, 0.25) is 0 Å². The molecule has 1 rings (SSSR count). The minimum atomic E-state index is -0.701. The van der Waals surface area contributed by atoms with Gasteiger partial charge >= 0.3 is 0 Å². The van der Waals surface area contributed by atoms with Gasteiger partial charge in [0.1, 0.15) is 5.75 Å². The molecule has 0 radical (unpaired) electrons. The van der Waals surface area contributed by atoms with Crippen molar-refractivity contribution in [2.75, 3.05) is 7.11 Å². The lowest BCUT2D eigenvalue weighted by Gasteiger charge is -2.19. The summed E-state index contributed by atoms with van der Waals surface area (Å²) in [6, 6.07) is 2.64. The normalized spacial score (nSPS) is 14.8. The Morgan fingerprint density at radius 2 is 2.00 bits per heavy atom. The van der Waals surface area contributed by atoms with Gasteiger partial charge in [-0.05, 0) is 19.1 Å². The Morgan fingerprint density at radius 1 is 1.40 bits per heavy atom. The number of hydrogen-bond acceptors (Lipinski definition) is 3. The van der Waals surface area contributed by atoms with Crippen molar-refractivity contribution >= 4 is 23.2 Å². The molecule has 0 aromatic heterocycles. The number of benzene rings is 1. The van der Waals surface area contributed by atoms with Crippen LogP contribution in [0.2, 0.25) is 10.0 Å². The molecule has 15 heavy (non-hydrogen) atoms. The molecule has 3 N–H and O–H groups in total. The van der Waals surface area contributed by atoms with E-state index in [-0.39, 0.29) is 0 Å². The lowest BCUT2D eigenvalue weighted by atomic mass is 10.0. The van der Waals surface area contributed by atoms with Crippen LogP contribution in [-0.2, 0) is 0 Å². The first-order valence-electron chi connectivity index (χ1n) is 4.44. The van der Waals surface area contributed by atoms with Gasteiger partial charge in [-0.25, -0.2) is 0 Å². The van der Waals surface area contributed by atoms with Gasteiger partial charge in [-0.15, -0.1) is 0 Å². The molecule has 0 bridgehead atoms. The second-order valence-electron chi connectivity index (χ2n) is 3.28. The summed E-state index contributed by atoms with van der Waals surface area (Å²) < 4.78 is 5.12. The molecule has 0 spiro atoms. The SMILES string of the molecule is COc1c(Cl)cc(Cl)cc1C(N)C(C)O. The zero-order valence-corrected chi connectivity index (χ0v) is 10.0. The zero-order valence-electron chi connectivity index (χ0n) is 8.50. The zero-order chi connectivity index (χ0) is 11.6. The van der Waals surface area contributed by atoms with E-state index >= 15 is 0 Å². The maximum atomic E-state index is 9.41. The fourth-order valence-corrected chi connectivity index (χ4v) is 1.89. The van der Waals surface area contributed by atoms with E-state index < -0.39 is 12.1 Å². The summed E-state index contributed by atoms with van der Waals surface area (Å²) >= 11 is 11.8. The topological polar surface area (TPSA) is 55.5 Å². The minimum absolute atomic E-state index is 0.385. The highest BCUT2D eigenvalue weighted by Gasteiger charge is 2.19. The fraction of sp³-hybridized carbons (Fsp3) is 0.400. The summed E-state index contributed by atoms with van der Waals surface area (Å²) in [6.45, 7) is 1.60. The van der Waals surface area contributed by atoms with E-state index in [0.29, 0.717) is 21.4 Å². The van der Waals surface area contributed by atoms with Crippen molar-refractivity contribution in [1.29, 1.82) is 0 Å². The van der Waals surface area contributed by atoms with Crippen LogP contribution in [0.1, 0.15) is 18.5 Å². The number of hydrogen-bond donors (Lipinski definition) is 2. The third-order valence-corrected chi connectivity index (χ3v) is 2.62. The maximum Gasteiger partial charge on any atom is 0.142 e. The lowest BCUT2D eigenvalue weighted by molar-refractivity contribution is 0.162. The van der Waals surface area contributed by atoms with Crippen LogP contribution in [0.5, 0.6) is 5.75 Å². The van der Waals surface area contributed by atoms with Gasteiger partial charge in [0.05, 0.1) is 24.3 Å². The molecule has 0 saturated heterocycles. The number of halogens is 2. The Bertz CT molecular complexity index is 356. The first-order chi connectivity index (χ1) is 6.97. The number of nitrogens with two attached hydrogens (primary N) is 1. The molecule has 3 nitrogen and oxygen atoms in total. The molecule has 2 atom stereocenters. The van der Waals surface area contributed by atoms with Gasteiger partial charge in [0, 0.05) is 10.6 Å². The molecule has 5 heteroatoms. The first-order valence-corrected chi connectivity index (χ1v) is 5.19. The van der Waals surface area contributed by atoms with E-state index in [1.54, 1.807) is 19.1 Å². The largest absolute Gasteiger partial charge is 0.495 e. The van der Waals surface area contributed by atoms with Crippen LogP contribution in [0, 0.1) is 0 Å². The molecular formula is C10H13Cl2NO2. The van der Waals surface area contributed by atoms with Crippen molar-refractivity contribution in [3.63, 3.8) is 0 Å². The molecule has 0 aliphatic rings. The molecule has 1 aromatic rings. The van der Waals surface area contributed by atoms with E-state index in [1.165, 1.54) is 7.11 Å². The Hall–Kier alpha value is -0.480. The summed E-state index contributed by atoms with van der Waals surface area (Å²) in [5.41, 5.74) is 6.41. The Balaban J connectivity index is 3.26. The quantitative estimate of drug-likeness (QED) is 0.865. The average molecular weight is 250 g/mol. The van der Waals surface area contributed by atoms with Crippen LogP contribution in [0.4, 0.5) is 0 Å². The molecule has 2 unspecified atom stereocenters. The van der Waals surface area contributed by atoms with Gasteiger partial charge in [-0.1, -0.05) is 23.2 Å². The molecular weight excluding hydrogens is 237 g/mol. The fourth-order valence-electron chi connectivity index (χ4n) is 1.30. The molecule has 1 aromatic carbocycles. The second kappa shape index (κ2) is 5.03. The number of methoxy groups -OCH3 is 1. The maximum absolute atomic E-state index is 9.41. The Labute approximate surface area is 98.7 Å². The summed E-state index contributed by atoms with van der Waals surface area (Å²) in [5.74, 6) is 0.453. The molecule has 0 heterocycles. The van der Waals surface area contributed by atoms with Crippen molar-refractivity contribution < 1.29 is 9.84 Å². The third kappa shape index (κ3) is 2.75. The number of ether oxygens (including phenoxy) is 1. The van der Waals surface area contributed by atoms with E-state index in [9.17, 15) is 5.11 Å². The first kappa shape index (κ1) is 12.6. The smallest absolute Gasteiger partial charge is 0.142 e. The van der Waals surface area contributed by atoms with E-state index in [1.807, 2.05) is 0 Å². The average Bonchev–Trinajstić information content (AvgIpc) is 2.15.